The van der Waals surface area contributed by atoms with E-state index < -0.39 is 0 Å². The van der Waals surface area contributed by atoms with Gasteiger partial charge in [0.05, 0.1) is 5.69 Å². The van der Waals surface area contributed by atoms with Gasteiger partial charge in [0.25, 0.3) is 5.91 Å². The van der Waals surface area contributed by atoms with Crippen molar-refractivity contribution < 1.29 is 9.32 Å². The quantitative estimate of drug-likeness (QED) is 0.914. The normalized spacial score (nSPS) is 26.5. The van der Waals surface area contributed by atoms with Crippen LogP contribution in [0.5, 0.6) is 0 Å². The highest BCUT2D eigenvalue weighted by Gasteiger charge is 2.43. The number of fused-ring (bicyclic) bond motifs is 1. The third-order valence-electron chi connectivity index (χ3n) is 5.18. The number of pyridine rings is 1. The molecule has 120 valence electrons. The van der Waals surface area contributed by atoms with Crippen molar-refractivity contribution in [3.63, 3.8) is 0 Å². The van der Waals surface area contributed by atoms with Gasteiger partial charge in [0.15, 0.2) is 0 Å². The van der Waals surface area contributed by atoms with Crippen LogP contribution in [0.15, 0.2) is 28.9 Å². The third kappa shape index (κ3) is 2.34. The number of nitrogens with zero attached hydrogens (tertiary/aromatic N) is 3. The van der Waals surface area contributed by atoms with E-state index in [-0.39, 0.29) is 11.9 Å². The number of aromatic nitrogens is 2. The molecule has 2 aliphatic rings. The molecule has 3 unspecified atom stereocenters. The zero-order valence-electron chi connectivity index (χ0n) is 13.1. The topological polar surface area (TPSA) is 85.2 Å². The molecule has 23 heavy (non-hydrogen) atoms. The van der Waals surface area contributed by atoms with Crippen molar-refractivity contribution in [2.24, 2.45) is 17.6 Å². The molecule has 1 aliphatic heterocycles. The number of rotatable bonds is 2. The molecule has 0 bridgehead atoms. The number of hydrogen-bond acceptors (Lipinski definition) is 5. The smallest absolute Gasteiger partial charge is 0.259 e. The van der Waals surface area contributed by atoms with Gasteiger partial charge in [0.2, 0.25) is 0 Å². The van der Waals surface area contributed by atoms with Gasteiger partial charge in [-0.3, -0.25) is 9.78 Å². The molecule has 4 rings (SSSR count). The highest BCUT2D eigenvalue weighted by Crippen LogP contribution is 2.38. The fourth-order valence-corrected chi connectivity index (χ4v) is 3.93. The fourth-order valence-electron chi connectivity index (χ4n) is 3.93. The lowest BCUT2D eigenvalue weighted by Crippen LogP contribution is -2.33. The molecule has 6 heteroatoms. The number of hydrogen-bond donors (Lipinski definition) is 1. The summed E-state index contributed by atoms with van der Waals surface area (Å²) in [7, 11) is 0. The van der Waals surface area contributed by atoms with Gasteiger partial charge < -0.3 is 15.2 Å². The average Bonchev–Trinajstić information content (AvgIpc) is 3.24. The van der Waals surface area contributed by atoms with Crippen LogP contribution in [0.2, 0.25) is 0 Å². The van der Waals surface area contributed by atoms with Crippen LogP contribution >= 0.6 is 0 Å². The number of aryl methyl sites for hydroxylation is 1. The minimum Gasteiger partial charge on any atom is -0.360 e. The molecule has 3 heterocycles. The first-order chi connectivity index (χ1) is 11.1. The molecule has 1 saturated carbocycles. The molecule has 0 aromatic carbocycles. The Labute approximate surface area is 134 Å². The van der Waals surface area contributed by atoms with Crippen molar-refractivity contribution >= 4 is 5.91 Å². The Morgan fingerprint density at radius 2 is 2.22 bits per heavy atom. The van der Waals surface area contributed by atoms with Gasteiger partial charge in [-0.1, -0.05) is 11.2 Å². The van der Waals surface area contributed by atoms with Crippen LogP contribution in [0.25, 0.3) is 11.4 Å². The largest absolute Gasteiger partial charge is 0.360 e. The van der Waals surface area contributed by atoms with Crippen LogP contribution in [0, 0.1) is 18.8 Å². The van der Waals surface area contributed by atoms with Crippen LogP contribution in [-0.2, 0) is 0 Å². The fraction of sp³-hybridized carbons (Fsp3) is 0.471. The Hall–Kier alpha value is -2.21. The van der Waals surface area contributed by atoms with E-state index in [1.807, 2.05) is 23.1 Å². The van der Waals surface area contributed by atoms with Gasteiger partial charge in [-0.2, -0.15) is 0 Å². The molecule has 2 aromatic heterocycles. The summed E-state index contributed by atoms with van der Waals surface area (Å²) >= 11 is 0. The lowest BCUT2D eigenvalue weighted by molar-refractivity contribution is 0.0778. The summed E-state index contributed by atoms with van der Waals surface area (Å²) in [6, 6.07) is 5.76. The van der Waals surface area contributed by atoms with Crippen molar-refractivity contribution in [3.05, 3.63) is 35.7 Å². The number of nitrogens with two attached hydrogens (primary N) is 1. The van der Waals surface area contributed by atoms with E-state index in [0.717, 1.165) is 25.9 Å². The van der Waals surface area contributed by atoms with Crippen LogP contribution < -0.4 is 5.73 Å². The maximum absolute atomic E-state index is 13.0. The molecule has 0 spiro atoms. The van der Waals surface area contributed by atoms with E-state index in [2.05, 4.69) is 10.1 Å². The van der Waals surface area contributed by atoms with Crippen molar-refractivity contribution in [1.29, 1.82) is 0 Å². The van der Waals surface area contributed by atoms with Crippen molar-refractivity contribution in [3.8, 4) is 11.4 Å². The predicted octanol–water partition coefficient (Wildman–Crippen LogP) is 1.85. The highest BCUT2D eigenvalue weighted by atomic mass is 16.5. The molecule has 1 saturated heterocycles. The molecule has 6 nitrogen and oxygen atoms in total. The predicted molar refractivity (Wildman–Crippen MR) is 84.6 cm³/mol. The Morgan fingerprint density at radius 1 is 1.35 bits per heavy atom. The summed E-state index contributed by atoms with van der Waals surface area (Å²) < 4.78 is 5.28. The van der Waals surface area contributed by atoms with Crippen molar-refractivity contribution in [2.75, 3.05) is 13.1 Å². The van der Waals surface area contributed by atoms with E-state index in [9.17, 15) is 4.79 Å². The number of carbonyl (C=O) groups is 1. The highest BCUT2D eigenvalue weighted by molar-refractivity contribution is 6.00. The second kappa shape index (κ2) is 5.45. The zero-order valence-corrected chi connectivity index (χ0v) is 13.1. The van der Waals surface area contributed by atoms with Crippen molar-refractivity contribution in [1.82, 2.24) is 15.0 Å². The summed E-state index contributed by atoms with van der Waals surface area (Å²) in [6.45, 7) is 3.29. The second-order valence-electron chi connectivity index (χ2n) is 6.55. The van der Waals surface area contributed by atoms with E-state index in [1.54, 1.807) is 13.1 Å². The lowest BCUT2D eigenvalue weighted by Gasteiger charge is -2.18. The minimum absolute atomic E-state index is 0.0222. The molecule has 0 radical (unpaired) electrons. The SMILES string of the molecule is Cc1onc(-c2ccccn2)c1C(=O)N1CC2CCC(N)C2C1. The molecule has 3 atom stereocenters. The van der Waals surface area contributed by atoms with Gasteiger partial charge in [0.1, 0.15) is 17.0 Å². The van der Waals surface area contributed by atoms with E-state index in [1.165, 1.54) is 0 Å². The van der Waals surface area contributed by atoms with E-state index >= 15 is 0 Å². The number of amides is 1. The molecule has 2 aromatic rings. The number of likely N-dealkylation sites (tertiary alicyclic amines) is 1. The Bertz CT molecular complexity index is 727. The second-order valence-corrected chi connectivity index (χ2v) is 6.55. The van der Waals surface area contributed by atoms with Gasteiger partial charge in [-0.15, -0.1) is 0 Å². The Balaban J connectivity index is 1.64. The van der Waals surface area contributed by atoms with Gasteiger partial charge in [-0.05, 0) is 43.7 Å². The summed E-state index contributed by atoms with van der Waals surface area (Å²) in [6.07, 6.45) is 3.88. The summed E-state index contributed by atoms with van der Waals surface area (Å²) in [5.74, 6) is 1.48. The third-order valence-corrected chi connectivity index (χ3v) is 5.18. The summed E-state index contributed by atoms with van der Waals surface area (Å²) in [5, 5.41) is 4.06. The summed E-state index contributed by atoms with van der Waals surface area (Å²) in [4.78, 5) is 19.2. The molecule has 2 N–H and O–H groups in total. The molecular weight excluding hydrogens is 292 g/mol. The Kier molecular flexibility index (Phi) is 3.41. The van der Waals surface area contributed by atoms with Gasteiger partial charge in [0, 0.05) is 25.3 Å². The van der Waals surface area contributed by atoms with Crippen molar-refractivity contribution in [2.45, 2.75) is 25.8 Å². The average molecular weight is 312 g/mol. The van der Waals surface area contributed by atoms with E-state index in [0.29, 0.717) is 34.5 Å². The molecule has 1 amide bonds. The van der Waals surface area contributed by atoms with Crippen LogP contribution in [0.1, 0.15) is 29.0 Å². The molecule has 1 aliphatic carbocycles. The van der Waals surface area contributed by atoms with Crippen LogP contribution in [0.3, 0.4) is 0 Å². The maximum atomic E-state index is 13.0. The minimum atomic E-state index is -0.0222. The zero-order chi connectivity index (χ0) is 16.0. The number of carbonyl (C=O) groups excluding carboxylic acids is 1. The first kappa shape index (κ1) is 14.4. The first-order valence-electron chi connectivity index (χ1n) is 8.07. The molecule has 2 fully saturated rings. The molecular formula is C17H20N4O2. The van der Waals surface area contributed by atoms with Gasteiger partial charge >= 0.3 is 0 Å². The van der Waals surface area contributed by atoms with E-state index in [4.69, 9.17) is 10.3 Å². The summed E-state index contributed by atoms with van der Waals surface area (Å²) in [5.41, 5.74) is 7.88. The van der Waals surface area contributed by atoms with Crippen LogP contribution in [-0.4, -0.2) is 40.1 Å². The van der Waals surface area contributed by atoms with Crippen LogP contribution in [0.4, 0.5) is 0 Å². The lowest BCUT2D eigenvalue weighted by atomic mass is 9.98. The standard InChI is InChI=1S/C17H20N4O2/c1-10-15(16(20-23-10)14-4-2-3-7-19-14)17(22)21-8-11-5-6-13(18)12(11)9-21/h2-4,7,11-13H,5-6,8-9,18H2,1H3. The monoisotopic (exact) mass is 312 g/mol. The van der Waals surface area contributed by atoms with Gasteiger partial charge in [-0.25, -0.2) is 0 Å². The first-order valence-corrected chi connectivity index (χ1v) is 8.07. The Morgan fingerprint density at radius 3 is 2.96 bits per heavy atom. The maximum Gasteiger partial charge on any atom is 0.259 e.